The zero-order chi connectivity index (χ0) is 22.3. The van der Waals surface area contributed by atoms with E-state index >= 15 is 0 Å². The standard InChI is InChI=1S/C21H16N4O5S/c1-11-6-7-12(2)14(8-11)15-10-31-21(22-15)23-17(26)9-24-19(27)13-4-3-5-16(25(29)30)18(13)20(24)28/h3-8,10H,9H2,1-2H3,(H,22,23,26). The van der Waals surface area contributed by atoms with E-state index in [-0.39, 0.29) is 11.1 Å². The molecule has 31 heavy (non-hydrogen) atoms. The molecule has 10 heteroatoms. The molecule has 156 valence electrons. The number of nitro groups is 1. The van der Waals surface area contributed by atoms with E-state index < -0.39 is 34.9 Å². The molecule has 0 unspecified atom stereocenters. The van der Waals surface area contributed by atoms with Gasteiger partial charge in [-0.3, -0.25) is 29.4 Å². The number of aromatic nitrogens is 1. The summed E-state index contributed by atoms with van der Waals surface area (Å²) in [5, 5.41) is 15.9. The fourth-order valence-corrected chi connectivity index (χ4v) is 4.11. The number of benzene rings is 2. The van der Waals surface area contributed by atoms with Crippen molar-refractivity contribution in [2.75, 3.05) is 11.9 Å². The van der Waals surface area contributed by atoms with Crippen molar-refractivity contribution in [2.24, 2.45) is 0 Å². The number of amides is 3. The largest absolute Gasteiger partial charge is 0.300 e. The monoisotopic (exact) mass is 436 g/mol. The predicted octanol–water partition coefficient (Wildman–Crippen LogP) is 3.57. The van der Waals surface area contributed by atoms with Crippen molar-refractivity contribution in [1.82, 2.24) is 9.88 Å². The van der Waals surface area contributed by atoms with E-state index in [2.05, 4.69) is 10.3 Å². The van der Waals surface area contributed by atoms with Crippen molar-refractivity contribution >= 4 is 39.9 Å². The highest BCUT2D eigenvalue weighted by Gasteiger charge is 2.41. The first kappa shape index (κ1) is 20.4. The highest BCUT2D eigenvalue weighted by Crippen LogP contribution is 2.31. The van der Waals surface area contributed by atoms with E-state index in [1.807, 2.05) is 37.4 Å². The van der Waals surface area contributed by atoms with Crippen LogP contribution >= 0.6 is 11.3 Å². The Bertz CT molecular complexity index is 1270. The number of aryl methyl sites for hydroxylation is 2. The van der Waals surface area contributed by atoms with Crippen LogP contribution in [0.4, 0.5) is 10.8 Å². The molecule has 4 rings (SSSR count). The summed E-state index contributed by atoms with van der Waals surface area (Å²) in [6.45, 7) is 3.38. The maximum atomic E-state index is 12.6. The van der Waals surface area contributed by atoms with Crippen LogP contribution in [-0.2, 0) is 4.79 Å². The Hall–Kier alpha value is -3.92. The van der Waals surface area contributed by atoms with Crippen molar-refractivity contribution in [3.05, 3.63) is 74.1 Å². The zero-order valence-electron chi connectivity index (χ0n) is 16.5. The van der Waals surface area contributed by atoms with Crippen molar-refractivity contribution in [3.63, 3.8) is 0 Å². The van der Waals surface area contributed by atoms with Crippen LogP contribution in [0.15, 0.2) is 41.8 Å². The van der Waals surface area contributed by atoms with Gasteiger partial charge in [0.25, 0.3) is 17.5 Å². The molecule has 0 fully saturated rings. The van der Waals surface area contributed by atoms with Gasteiger partial charge in [-0.15, -0.1) is 11.3 Å². The van der Waals surface area contributed by atoms with Gasteiger partial charge in [0.05, 0.1) is 16.2 Å². The van der Waals surface area contributed by atoms with Gasteiger partial charge >= 0.3 is 0 Å². The molecule has 0 atom stereocenters. The normalized spacial score (nSPS) is 12.8. The molecule has 0 aliphatic carbocycles. The summed E-state index contributed by atoms with van der Waals surface area (Å²) in [5.41, 5.74) is 2.94. The minimum Gasteiger partial charge on any atom is -0.300 e. The van der Waals surface area contributed by atoms with Crippen LogP contribution in [0.3, 0.4) is 0 Å². The number of thiazole rings is 1. The minimum absolute atomic E-state index is 0.0848. The lowest BCUT2D eigenvalue weighted by atomic mass is 10.0. The van der Waals surface area contributed by atoms with E-state index in [9.17, 15) is 24.5 Å². The van der Waals surface area contributed by atoms with Gasteiger partial charge in [-0.2, -0.15) is 0 Å². The fourth-order valence-electron chi connectivity index (χ4n) is 3.38. The molecule has 1 aliphatic rings. The molecule has 2 aromatic carbocycles. The van der Waals surface area contributed by atoms with Crippen LogP contribution in [0.2, 0.25) is 0 Å². The number of carbonyl (C=O) groups excluding carboxylic acids is 3. The van der Waals surface area contributed by atoms with Gasteiger partial charge in [0.2, 0.25) is 5.91 Å². The van der Waals surface area contributed by atoms with E-state index in [1.54, 1.807) is 0 Å². The van der Waals surface area contributed by atoms with Gasteiger partial charge < -0.3 is 5.32 Å². The summed E-state index contributed by atoms with van der Waals surface area (Å²) in [6, 6.07) is 9.80. The van der Waals surface area contributed by atoms with E-state index in [0.717, 1.165) is 22.8 Å². The molecule has 0 spiro atoms. The van der Waals surface area contributed by atoms with Crippen LogP contribution in [0.5, 0.6) is 0 Å². The molecule has 1 aromatic heterocycles. The Morgan fingerprint density at radius 3 is 2.68 bits per heavy atom. The van der Waals surface area contributed by atoms with E-state index in [0.29, 0.717) is 15.7 Å². The predicted molar refractivity (Wildman–Crippen MR) is 114 cm³/mol. The second kappa shape index (κ2) is 7.73. The number of anilines is 1. The number of imide groups is 1. The molecule has 9 nitrogen and oxygen atoms in total. The number of hydrogen-bond donors (Lipinski definition) is 1. The number of nitro benzene ring substituents is 1. The maximum Gasteiger partial charge on any atom is 0.282 e. The van der Waals surface area contributed by atoms with Crippen LogP contribution < -0.4 is 5.32 Å². The summed E-state index contributed by atoms with van der Waals surface area (Å²) in [4.78, 5) is 53.2. The molecule has 3 aromatic rings. The number of rotatable bonds is 5. The summed E-state index contributed by atoms with van der Waals surface area (Å²) in [6.07, 6.45) is 0. The summed E-state index contributed by atoms with van der Waals surface area (Å²) >= 11 is 1.22. The molecule has 0 saturated heterocycles. The highest BCUT2D eigenvalue weighted by atomic mass is 32.1. The van der Waals surface area contributed by atoms with Gasteiger partial charge in [0.15, 0.2) is 5.13 Å². The molecule has 3 amide bonds. The molecule has 0 radical (unpaired) electrons. The number of nitrogens with one attached hydrogen (secondary N) is 1. The number of fused-ring (bicyclic) bond motifs is 1. The minimum atomic E-state index is -0.863. The van der Waals surface area contributed by atoms with Crippen LogP contribution in [0.1, 0.15) is 31.8 Å². The SMILES string of the molecule is Cc1ccc(C)c(-c2csc(NC(=O)CN3C(=O)c4cccc([N+](=O)[O-])c4C3=O)n2)c1. The fraction of sp³-hybridized carbons (Fsp3) is 0.143. The lowest BCUT2D eigenvalue weighted by Gasteiger charge is -2.12. The Balaban J connectivity index is 1.50. The topological polar surface area (TPSA) is 123 Å². The van der Waals surface area contributed by atoms with E-state index in [4.69, 9.17) is 0 Å². The van der Waals surface area contributed by atoms with Gasteiger partial charge in [-0.25, -0.2) is 4.98 Å². The first-order chi connectivity index (χ1) is 14.8. The van der Waals surface area contributed by atoms with Gasteiger partial charge in [-0.1, -0.05) is 23.8 Å². The summed E-state index contributed by atoms with van der Waals surface area (Å²) in [7, 11) is 0. The number of nitrogens with zero attached hydrogens (tertiary/aromatic N) is 3. The zero-order valence-corrected chi connectivity index (χ0v) is 17.4. The maximum absolute atomic E-state index is 12.6. The van der Waals surface area contributed by atoms with Crippen LogP contribution in [0.25, 0.3) is 11.3 Å². The molecule has 0 bridgehead atoms. The first-order valence-corrected chi connectivity index (χ1v) is 10.1. The van der Waals surface area contributed by atoms with Crippen molar-refractivity contribution in [1.29, 1.82) is 0 Å². The third kappa shape index (κ3) is 3.68. The van der Waals surface area contributed by atoms with E-state index in [1.165, 1.54) is 23.5 Å². The molecular weight excluding hydrogens is 420 g/mol. The van der Waals surface area contributed by atoms with Gasteiger partial charge in [-0.05, 0) is 31.5 Å². The second-order valence-electron chi connectivity index (χ2n) is 7.06. The van der Waals surface area contributed by atoms with Crippen LogP contribution in [0, 0.1) is 24.0 Å². The first-order valence-electron chi connectivity index (χ1n) is 9.23. The van der Waals surface area contributed by atoms with Gasteiger partial charge in [0, 0.05) is 17.0 Å². The average molecular weight is 436 g/mol. The highest BCUT2D eigenvalue weighted by molar-refractivity contribution is 7.14. The van der Waals surface area contributed by atoms with Crippen LogP contribution in [-0.4, -0.2) is 39.1 Å². The number of hydrogen-bond acceptors (Lipinski definition) is 7. The third-order valence-electron chi connectivity index (χ3n) is 4.90. The smallest absolute Gasteiger partial charge is 0.282 e. The van der Waals surface area contributed by atoms with Gasteiger partial charge in [0.1, 0.15) is 12.1 Å². The lowest BCUT2D eigenvalue weighted by molar-refractivity contribution is -0.385. The molecular formula is C21H16N4O5S. The number of carbonyl (C=O) groups is 3. The molecule has 1 aliphatic heterocycles. The van der Waals surface area contributed by atoms with Crippen molar-refractivity contribution < 1.29 is 19.3 Å². The molecule has 1 N–H and O–H groups in total. The Morgan fingerprint density at radius 2 is 1.94 bits per heavy atom. The summed E-state index contributed by atoms with van der Waals surface area (Å²) in [5.74, 6) is -2.23. The van der Waals surface area contributed by atoms with Crippen molar-refractivity contribution in [2.45, 2.75) is 13.8 Å². The quantitative estimate of drug-likeness (QED) is 0.371. The van der Waals surface area contributed by atoms with Crippen molar-refractivity contribution in [3.8, 4) is 11.3 Å². The lowest BCUT2D eigenvalue weighted by Crippen LogP contribution is -2.37. The molecule has 2 heterocycles. The average Bonchev–Trinajstić information content (AvgIpc) is 3.28. The Kier molecular flexibility index (Phi) is 5.07. The summed E-state index contributed by atoms with van der Waals surface area (Å²) < 4.78 is 0. The Labute approximate surface area is 180 Å². The second-order valence-corrected chi connectivity index (χ2v) is 7.92. The molecule has 0 saturated carbocycles. The Morgan fingerprint density at radius 1 is 1.16 bits per heavy atom. The third-order valence-corrected chi connectivity index (χ3v) is 5.65.